The summed E-state index contributed by atoms with van der Waals surface area (Å²) in [5.74, 6) is -2.16. The number of rotatable bonds is 14. The second kappa shape index (κ2) is 15.6. The second-order valence-electron chi connectivity index (χ2n) is 10.2. The number of carbonyl (C=O) groups is 4. The van der Waals surface area contributed by atoms with Crippen LogP contribution in [0.15, 0.2) is 91.5 Å². The summed E-state index contributed by atoms with van der Waals surface area (Å²) in [6, 6.07) is 22.6. The van der Waals surface area contributed by atoms with Gasteiger partial charge in [-0.25, -0.2) is 9.59 Å². The molecule has 3 aromatic rings. The van der Waals surface area contributed by atoms with E-state index in [0.717, 1.165) is 38.2 Å². The number of hydrogen-bond acceptors (Lipinski definition) is 8. The van der Waals surface area contributed by atoms with Gasteiger partial charge in [-0.05, 0) is 41.2 Å². The molecule has 10 heteroatoms. The lowest BCUT2D eigenvalue weighted by molar-refractivity contribution is -0.153. The Morgan fingerprint density at radius 1 is 0.909 bits per heavy atom. The van der Waals surface area contributed by atoms with Gasteiger partial charge >= 0.3 is 18.0 Å². The largest absolute Gasteiger partial charge is 0.461 e. The molecule has 0 saturated carbocycles. The zero-order valence-corrected chi connectivity index (χ0v) is 25.2. The molecule has 0 fully saturated rings. The Hall–Kier alpha value is -4.83. The van der Waals surface area contributed by atoms with Gasteiger partial charge in [0.1, 0.15) is 31.9 Å². The minimum absolute atomic E-state index is 0.00754. The third-order valence-corrected chi connectivity index (χ3v) is 7.51. The number of thiocarbonyl (C=S) groups is 1. The molecule has 44 heavy (non-hydrogen) atoms. The molecule has 1 N–H and O–H groups in total. The number of hydrogen-bond donors (Lipinski definition) is 1. The Bertz CT molecular complexity index is 1460. The van der Waals surface area contributed by atoms with Crippen molar-refractivity contribution in [3.8, 4) is 11.1 Å². The molecule has 4 rings (SSSR count). The number of alkyl carbamates (subject to hydrolysis) is 1. The normalized spacial score (nSPS) is 12.9. The molecule has 0 heterocycles. The van der Waals surface area contributed by atoms with E-state index in [1.54, 1.807) is 12.1 Å². The minimum atomic E-state index is -1.24. The highest BCUT2D eigenvalue weighted by Crippen LogP contribution is 2.44. The zero-order valence-electron chi connectivity index (χ0n) is 24.3. The van der Waals surface area contributed by atoms with Gasteiger partial charge < -0.3 is 19.5 Å². The van der Waals surface area contributed by atoms with Gasteiger partial charge in [-0.3, -0.25) is 14.5 Å². The van der Waals surface area contributed by atoms with Crippen LogP contribution in [0.4, 0.5) is 4.79 Å². The van der Waals surface area contributed by atoms with Gasteiger partial charge in [0.2, 0.25) is 0 Å². The molecule has 228 valence electrons. The van der Waals surface area contributed by atoms with Gasteiger partial charge in [-0.2, -0.15) is 0 Å². The number of benzene rings is 3. The molecule has 0 spiro atoms. The van der Waals surface area contributed by atoms with Crippen LogP contribution in [0, 0.1) is 0 Å². The van der Waals surface area contributed by atoms with Gasteiger partial charge in [0, 0.05) is 12.3 Å². The van der Waals surface area contributed by atoms with Crippen molar-refractivity contribution in [1.82, 2.24) is 10.2 Å². The van der Waals surface area contributed by atoms with Crippen molar-refractivity contribution in [2.24, 2.45) is 0 Å². The molecule has 9 nitrogen and oxygen atoms in total. The standard InChI is InChI=1S/C34H34N2O7S/c1-3-19-41-31(37)18-17-30(32(38)36(22-44)23(2)33(39)42-20-24-11-5-4-6-12-24)35-34(40)43-21-29-27-15-9-7-13-25(27)26-14-8-10-16-28(26)29/h3-16,22-23,29-30H,1,17-21H2,2H3,(H,35,40)/t23-,30-/m0/s1. The molecule has 0 bridgehead atoms. The third kappa shape index (κ3) is 7.96. The summed E-state index contributed by atoms with van der Waals surface area (Å²) in [5, 5.41) is 2.57. The second-order valence-corrected chi connectivity index (χ2v) is 10.4. The molecule has 0 radical (unpaired) electrons. The van der Waals surface area contributed by atoms with Crippen LogP contribution < -0.4 is 5.32 Å². The van der Waals surface area contributed by atoms with E-state index in [0.29, 0.717) is 0 Å². The Morgan fingerprint density at radius 2 is 1.52 bits per heavy atom. The lowest BCUT2D eigenvalue weighted by Crippen LogP contribution is -2.53. The maximum absolute atomic E-state index is 13.6. The van der Waals surface area contributed by atoms with Gasteiger partial charge in [-0.1, -0.05) is 104 Å². The third-order valence-electron chi connectivity index (χ3n) is 7.28. The molecule has 3 aromatic carbocycles. The van der Waals surface area contributed by atoms with Crippen molar-refractivity contribution in [1.29, 1.82) is 0 Å². The monoisotopic (exact) mass is 614 g/mol. The van der Waals surface area contributed by atoms with E-state index in [1.165, 1.54) is 13.0 Å². The van der Waals surface area contributed by atoms with Gasteiger partial charge in [0.15, 0.2) is 0 Å². The number of ether oxygens (including phenoxy) is 3. The smallest absolute Gasteiger partial charge is 0.407 e. The van der Waals surface area contributed by atoms with E-state index in [2.05, 4.69) is 11.9 Å². The summed E-state index contributed by atoms with van der Waals surface area (Å²) >= 11 is 5.07. The maximum atomic E-state index is 13.6. The minimum Gasteiger partial charge on any atom is -0.461 e. The van der Waals surface area contributed by atoms with Crippen molar-refractivity contribution in [3.05, 3.63) is 108 Å². The van der Waals surface area contributed by atoms with Crippen molar-refractivity contribution >= 4 is 41.6 Å². The molecule has 1 aliphatic rings. The summed E-state index contributed by atoms with van der Waals surface area (Å²) in [4.78, 5) is 52.7. The molecule has 1 aliphatic carbocycles. The number of nitrogens with zero attached hydrogens (tertiary/aromatic N) is 1. The highest BCUT2D eigenvalue weighted by Gasteiger charge is 2.34. The molecule has 0 saturated heterocycles. The van der Waals surface area contributed by atoms with Crippen LogP contribution in [0.1, 0.15) is 42.4 Å². The summed E-state index contributed by atoms with van der Waals surface area (Å²) in [5.41, 5.74) is 6.03. The quantitative estimate of drug-likeness (QED) is 0.112. The van der Waals surface area contributed by atoms with Crippen molar-refractivity contribution in [2.75, 3.05) is 13.2 Å². The van der Waals surface area contributed by atoms with Crippen molar-refractivity contribution < 1.29 is 33.4 Å². The number of nitrogens with one attached hydrogen (secondary N) is 1. The van der Waals surface area contributed by atoms with Crippen LogP contribution in [0.3, 0.4) is 0 Å². The number of fused-ring (bicyclic) bond motifs is 3. The lowest BCUT2D eigenvalue weighted by atomic mass is 9.98. The van der Waals surface area contributed by atoms with E-state index in [-0.39, 0.29) is 38.6 Å². The Labute approximate surface area is 261 Å². The molecule has 2 atom stereocenters. The van der Waals surface area contributed by atoms with Crippen LogP contribution in [0.5, 0.6) is 0 Å². The van der Waals surface area contributed by atoms with E-state index in [9.17, 15) is 19.2 Å². The van der Waals surface area contributed by atoms with Crippen LogP contribution in [0.25, 0.3) is 11.1 Å². The molecule has 0 aliphatic heterocycles. The van der Waals surface area contributed by atoms with Crippen LogP contribution in [-0.2, 0) is 35.2 Å². The summed E-state index contributed by atoms with van der Waals surface area (Å²) in [6.07, 6.45) is 0.260. The molecule has 0 aromatic heterocycles. The number of esters is 2. The predicted molar refractivity (Wildman–Crippen MR) is 169 cm³/mol. The molecular weight excluding hydrogens is 580 g/mol. The SMILES string of the molecule is C=CCOC(=O)CC[C@H](NC(=O)OCC1c2ccccc2-c2ccccc21)C(=O)N(C=S)[C@@H](C)C(=O)OCc1ccccc1. The van der Waals surface area contributed by atoms with E-state index in [1.807, 2.05) is 66.7 Å². The average molecular weight is 615 g/mol. The fourth-order valence-corrected chi connectivity index (χ4v) is 5.29. The van der Waals surface area contributed by atoms with E-state index in [4.69, 9.17) is 26.4 Å². The highest BCUT2D eigenvalue weighted by atomic mass is 32.1. The highest BCUT2D eigenvalue weighted by molar-refractivity contribution is 7.78. The molecule has 0 unspecified atom stereocenters. The summed E-state index contributed by atoms with van der Waals surface area (Å²) < 4.78 is 16.0. The first-order valence-corrected chi connectivity index (χ1v) is 14.7. The lowest BCUT2D eigenvalue weighted by Gasteiger charge is -2.28. The predicted octanol–water partition coefficient (Wildman–Crippen LogP) is 5.32. The Balaban J connectivity index is 1.44. The average Bonchev–Trinajstić information content (AvgIpc) is 3.37. The van der Waals surface area contributed by atoms with Crippen molar-refractivity contribution in [2.45, 2.75) is 44.4 Å². The first kappa shape index (κ1) is 32.1. The first-order valence-electron chi connectivity index (χ1n) is 14.2. The topological polar surface area (TPSA) is 111 Å². The zero-order chi connectivity index (χ0) is 31.5. The van der Waals surface area contributed by atoms with E-state index >= 15 is 0 Å². The van der Waals surface area contributed by atoms with Crippen molar-refractivity contribution in [3.63, 3.8) is 0 Å². The Morgan fingerprint density at radius 3 is 2.14 bits per heavy atom. The first-order chi connectivity index (χ1) is 21.3. The van der Waals surface area contributed by atoms with Crippen LogP contribution >= 0.6 is 12.2 Å². The number of amides is 2. The van der Waals surface area contributed by atoms with Crippen LogP contribution in [0.2, 0.25) is 0 Å². The maximum Gasteiger partial charge on any atom is 0.407 e. The Kier molecular flexibility index (Phi) is 11.4. The molecular formula is C34H34N2O7S. The molecule has 2 amide bonds. The van der Waals surface area contributed by atoms with Gasteiger partial charge in [-0.15, -0.1) is 0 Å². The number of carbonyl (C=O) groups excluding carboxylic acids is 4. The van der Waals surface area contributed by atoms with Gasteiger partial charge in [0.25, 0.3) is 5.91 Å². The fourth-order valence-electron chi connectivity index (χ4n) is 5.00. The van der Waals surface area contributed by atoms with Gasteiger partial charge in [0.05, 0.1) is 5.49 Å². The van der Waals surface area contributed by atoms with E-state index < -0.39 is 36.0 Å². The summed E-state index contributed by atoms with van der Waals surface area (Å²) in [6.45, 7) is 5.03. The van der Waals surface area contributed by atoms with Crippen LogP contribution in [-0.4, -0.2) is 59.6 Å². The fraction of sp³-hybridized carbons (Fsp3) is 0.265. The summed E-state index contributed by atoms with van der Waals surface area (Å²) in [7, 11) is 0.